The molecule has 0 radical (unpaired) electrons. The average molecular weight is 316 g/mol. The molecule has 0 saturated heterocycles. The lowest BCUT2D eigenvalue weighted by atomic mass is 10.0. The van der Waals surface area contributed by atoms with Crippen molar-refractivity contribution in [2.24, 2.45) is 5.92 Å². The summed E-state index contributed by atoms with van der Waals surface area (Å²) >= 11 is 0. The zero-order valence-electron chi connectivity index (χ0n) is 13.5. The van der Waals surface area contributed by atoms with E-state index in [0.29, 0.717) is 12.8 Å². The van der Waals surface area contributed by atoms with Crippen LogP contribution in [0.2, 0.25) is 0 Å². The lowest BCUT2D eigenvalue weighted by Crippen LogP contribution is -2.32. The molecule has 5 heteroatoms. The molecule has 0 bridgehead atoms. The number of fused-ring (bicyclic) bond motifs is 1. The standard InChI is InChI=1S/C18H24N2O3/c1-2-6-14(18(22)23)12-20-17(21)10-5-7-13-11-19-16-9-4-3-8-15(13)16/h3-4,8-9,11,14,19H,2,5-7,10,12H2,1H3,(H,20,21)(H,22,23). The molecule has 0 fully saturated rings. The second kappa shape index (κ2) is 8.36. The van der Waals surface area contributed by atoms with Crippen LogP contribution < -0.4 is 5.32 Å². The number of H-pyrrole nitrogens is 1. The number of para-hydroxylation sites is 1. The van der Waals surface area contributed by atoms with Crippen LogP contribution in [0.3, 0.4) is 0 Å². The van der Waals surface area contributed by atoms with Gasteiger partial charge in [0.25, 0.3) is 0 Å². The Morgan fingerprint density at radius 3 is 2.83 bits per heavy atom. The molecule has 5 nitrogen and oxygen atoms in total. The highest BCUT2D eigenvalue weighted by Gasteiger charge is 2.17. The van der Waals surface area contributed by atoms with Crippen molar-refractivity contribution in [2.75, 3.05) is 6.54 Å². The van der Waals surface area contributed by atoms with E-state index >= 15 is 0 Å². The van der Waals surface area contributed by atoms with Gasteiger partial charge in [0.05, 0.1) is 5.92 Å². The van der Waals surface area contributed by atoms with Gasteiger partial charge in [0.15, 0.2) is 0 Å². The number of nitrogens with one attached hydrogen (secondary N) is 2. The van der Waals surface area contributed by atoms with Crippen molar-refractivity contribution in [1.82, 2.24) is 10.3 Å². The smallest absolute Gasteiger partial charge is 0.308 e. The second-order valence-electron chi connectivity index (χ2n) is 5.84. The predicted molar refractivity (Wildman–Crippen MR) is 90.3 cm³/mol. The second-order valence-corrected chi connectivity index (χ2v) is 5.84. The summed E-state index contributed by atoms with van der Waals surface area (Å²) in [6.45, 7) is 2.16. The molecule has 2 rings (SSSR count). The van der Waals surface area contributed by atoms with Crippen LogP contribution in [-0.2, 0) is 16.0 Å². The Balaban J connectivity index is 1.75. The number of aromatic nitrogens is 1. The van der Waals surface area contributed by atoms with Gasteiger partial charge in [-0.15, -0.1) is 0 Å². The molecule has 1 atom stereocenters. The Bertz CT molecular complexity index is 663. The third-order valence-corrected chi connectivity index (χ3v) is 4.06. The van der Waals surface area contributed by atoms with Crippen LogP contribution in [0.15, 0.2) is 30.5 Å². The van der Waals surface area contributed by atoms with Gasteiger partial charge in [-0.2, -0.15) is 0 Å². The molecule has 2 aromatic rings. The first-order valence-electron chi connectivity index (χ1n) is 8.16. The van der Waals surface area contributed by atoms with Gasteiger partial charge in [-0.05, 0) is 30.9 Å². The van der Waals surface area contributed by atoms with Gasteiger partial charge in [-0.3, -0.25) is 9.59 Å². The minimum absolute atomic E-state index is 0.0767. The molecule has 0 aliphatic rings. The summed E-state index contributed by atoms with van der Waals surface area (Å²) in [4.78, 5) is 26.1. The van der Waals surface area contributed by atoms with Crippen molar-refractivity contribution in [3.05, 3.63) is 36.0 Å². The zero-order chi connectivity index (χ0) is 16.7. The summed E-state index contributed by atoms with van der Waals surface area (Å²) in [6.07, 6.45) is 5.37. The fraction of sp³-hybridized carbons (Fsp3) is 0.444. The Morgan fingerprint density at radius 2 is 2.09 bits per heavy atom. The van der Waals surface area contributed by atoms with Gasteiger partial charge in [-0.1, -0.05) is 31.5 Å². The predicted octanol–water partition coefficient (Wildman–Crippen LogP) is 3.11. The Labute approximate surface area is 136 Å². The monoisotopic (exact) mass is 316 g/mol. The van der Waals surface area contributed by atoms with Crippen LogP contribution in [0.25, 0.3) is 10.9 Å². The summed E-state index contributed by atoms with van der Waals surface area (Å²) in [6, 6.07) is 8.10. The fourth-order valence-corrected chi connectivity index (χ4v) is 2.76. The Morgan fingerprint density at radius 1 is 1.30 bits per heavy atom. The first-order chi connectivity index (χ1) is 11.1. The molecule has 1 unspecified atom stereocenters. The maximum Gasteiger partial charge on any atom is 0.308 e. The lowest BCUT2D eigenvalue weighted by Gasteiger charge is -2.12. The normalized spacial score (nSPS) is 12.2. The number of carboxylic acid groups (broad SMARTS) is 1. The SMILES string of the molecule is CCCC(CNC(=O)CCCc1c[nH]c2ccccc12)C(=O)O. The third-order valence-electron chi connectivity index (χ3n) is 4.06. The molecule has 23 heavy (non-hydrogen) atoms. The van der Waals surface area contributed by atoms with Crippen molar-refractivity contribution in [3.63, 3.8) is 0 Å². The summed E-state index contributed by atoms with van der Waals surface area (Å²) in [5.41, 5.74) is 2.32. The van der Waals surface area contributed by atoms with E-state index in [4.69, 9.17) is 5.11 Å². The maximum absolute atomic E-state index is 11.9. The van der Waals surface area contributed by atoms with Gasteiger partial charge >= 0.3 is 5.97 Å². The van der Waals surface area contributed by atoms with Crippen molar-refractivity contribution in [3.8, 4) is 0 Å². The first kappa shape index (κ1) is 17.1. The number of carbonyl (C=O) groups excluding carboxylic acids is 1. The number of hydrogen-bond acceptors (Lipinski definition) is 2. The molecular weight excluding hydrogens is 292 g/mol. The number of aryl methyl sites for hydroxylation is 1. The van der Waals surface area contributed by atoms with Crippen molar-refractivity contribution in [2.45, 2.75) is 39.0 Å². The van der Waals surface area contributed by atoms with Crippen LogP contribution in [0.5, 0.6) is 0 Å². The molecule has 1 heterocycles. The highest BCUT2D eigenvalue weighted by molar-refractivity contribution is 5.83. The van der Waals surface area contributed by atoms with E-state index in [0.717, 1.165) is 24.8 Å². The number of benzene rings is 1. The van der Waals surface area contributed by atoms with Crippen LogP contribution in [0.4, 0.5) is 0 Å². The minimum Gasteiger partial charge on any atom is -0.481 e. The summed E-state index contributed by atoms with van der Waals surface area (Å²) in [7, 11) is 0. The zero-order valence-corrected chi connectivity index (χ0v) is 13.5. The number of hydrogen-bond donors (Lipinski definition) is 3. The van der Waals surface area contributed by atoms with Gasteiger partial charge in [0.2, 0.25) is 5.91 Å². The molecule has 0 aliphatic carbocycles. The average Bonchev–Trinajstić information content (AvgIpc) is 2.94. The molecule has 1 amide bonds. The molecule has 0 aliphatic heterocycles. The lowest BCUT2D eigenvalue weighted by molar-refractivity contribution is -0.141. The summed E-state index contributed by atoms with van der Waals surface area (Å²) in [5.74, 6) is -1.41. The first-order valence-corrected chi connectivity index (χ1v) is 8.16. The van der Waals surface area contributed by atoms with E-state index in [-0.39, 0.29) is 12.5 Å². The summed E-state index contributed by atoms with van der Waals surface area (Å²) in [5, 5.41) is 13.0. The van der Waals surface area contributed by atoms with E-state index in [2.05, 4.69) is 16.4 Å². The van der Waals surface area contributed by atoms with Crippen molar-refractivity contribution >= 4 is 22.8 Å². The van der Waals surface area contributed by atoms with Crippen LogP contribution in [0, 0.1) is 5.92 Å². The van der Waals surface area contributed by atoms with Crippen LogP contribution in [-0.4, -0.2) is 28.5 Å². The van der Waals surface area contributed by atoms with Crippen LogP contribution in [0.1, 0.15) is 38.2 Å². The molecule has 0 spiro atoms. The molecule has 1 aromatic heterocycles. The van der Waals surface area contributed by atoms with E-state index in [9.17, 15) is 9.59 Å². The van der Waals surface area contributed by atoms with E-state index in [1.54, 1.807) is 0 Å². The molecule has 124 valence electrons. The van der Waals surface area contributed by atoms with Crippen LogP contribution >= 0.6 is 0 Å². The quantitative estimate of drug-likeness (QED) is 0.665. The van der Waals surface area contributed by atoms with Gasteiger partial charge in [0.1, 0.15) is 0 Å². The number of rotatable bonds is 9. The largest absolute Gasteiger partial charge is 0.481 e. The number of carboxylic acids is 1. The number of amides is 1. The number of carbonyl (C=O) groups is 2. The third kappa shape index (κ3) is 4.84. The molecular formula is C18H24N2O3. The molecule has 1 aromatic carbocycles. The van der Waals surface area contributed by atoms with Crippen molar-refractivity contribution < 1.29 is 14.7 Å². The highest BCUT2D eigenvalue weighted by Crippen LogP contribution is 2.19. The molecule has 0 saturated carbocycles. The number of aromatic amines is 1. The highest BCUT2D eigenvalue weighted by atomic mass is 16.4. The topological polar surface area (TPSA) is 82.2 Å². The van der Waals surface area contributed by atoms with Gasteiger partial charge < -0.3 is 15.4 Å². The Hall–Kier alpha value is -2.30. The van der Waals surface area contributed by atoms with Crippen molar-refractivity contribution in [1.29, 1.82) is 0 Å². The number of aliphatic carboxylic acids is 1. The van der Waals surface area contributed by atoms with E-state index in [1.807, 2.05) is 31.3 Å². The Kier molecular flexibility index (Phi) is 6.20. The van der Waals surface area contributed by atoms with E-state index in [1.165, 1.54) is 10.9 Å². The van der Waals surface area contributed by atoms with Gasteiger partial charge in [-0.25, -0.2) is 0 Å². The minimum atomic E-state index is -0.842. The fourth-order valence-electron chi connectivity index (χ4n) is 2.76. The maximum atomic E-state index is 11.9. The van der Waals surface area contributed by atoms with E-state index < -0.39 is 11.9 Å². The van der Waals surface area contributed by atoms with Gasteiger partial charge in [0, 0.05) is 30.1 Å². The summed E-state index contributed by atoms with van der Waals surface area (Å²) < 4.78 is 0. The molecule has 3 N–H and O–H groups in total.